The van der Waals surface area contributed by atoms with Gasteiger partial charge < -0.3 is 33.6 Å². The van der Waals surface area contributed by atoms with Gasteiger partial charge in [0.15, 0.2) is 0 Å². The Kier molecular flexibility index (Phi) is 6.99. The third-order valence-corrected chi connectivity index (χ3v) is 3.47. The van der Waals surface area contributed by atoms with Crippen LogP contribution in [-0.4, -0.2) is 29.2 Å². The van der Waals surface area contributed by atoms with Gasteiger partial charge in [0.2, 0.25) is 0 Å². The Morgan fingerprint density at radius 1 is 0.938 bits per heavy atom. The van der Waals surface area contributed by atoms with Gasteiger partial charge in [-0.1, -0.05) is 0 Å². The van der Waals surface area contributed by atoms with Gasteiger partial charge in [-0.25, -0.2) is 0 Å². The second-order valence-corrected chi connectivity index (χ2v) is 4.11. The molecule has 0 aromatic heterocycles. The van der Waals surface area contributed by atoms with E-state index in [1.54, 1.807) is 12.1 Å². The van der Waals surface area contributed by atoms with Gasteiger partial charge in [0.1, 0.15) is 12.3 Å². The maximum Gasteiger partial charge on any atom is 0.115 e. The number of benzene rings is 1. The van der Waals surface area contributed by atoms with Crippen molar-refractivity contribution < 1.29 is 33.6 Å². The van der Waals surface area contributed by atoms with E-state index in [9.17, 15) is 5.11 Å². The third-order valence-electron chi connectivity index (χ3n) is 3.47. The number of phenolic OH excluding ortho intramolecular Hbond substituents is 1. The topological polar surface area (TPSA) is 20.2 Å². The second kappa shape index (κ2) is 7.12. The predicted octanol–water partition coefficient (Wildman–Crippen LogP) is -0.227. The van der Waals surface area contributed by atoms with E-state index >= 15 is 0 Å². The lowest BCUT2D eigenvalue weighted by atomic mass is 10.1. The summed E-state index contributed by atoms with van der Waals surface area (Å²) in [5.41, 5.74) is 1.30. The molecule has 0 aliphatic rings. The van der Waals surface area contributed by atoms with Crippen molar-refractivity contribution in [2.24, 2.45) is 0 Å². The lowest BCUT2D eigenvalue weighted by molar-refractivity contribution is -0.936. The molecule has 0 radical (unpaired) electrons. The molecule has 0 fully saturated rings. The standard InChI is InChI=1S/C13H21NO.HI/c1-4-14(5-2,6-3)11-12-7-9-13(15)10-8-12;/h7-10H,4-6,11H2,1-3H3;1H. The average Bonchev–Trinajstić information content (AvgIpc) is 2.29. The van der Waals surface area contributed by atoms with Crippen LogP contribution < -0.4 is 24.0 Å². The summed E-state index contributed by atoms with van der Waals surface area (Å²) in [5.74, 6) is 0.348. The number of aromatic hydroxyl groups is 1. The number of halogens is 1. The molecule has 0 heterocycles. The molecule has 0 atom stereocenters. The highest BCUT2D eigenvalue weighted by Crippen LogP contribution is 2.16. The molecule has 0 aliphatic carbocycles. The van der Waals surface area contributed by atoms with Crippen molar-refractivity contribution in [3.05, 3.63) is 29.8 Å². The lowest BCUT2D eigenvalue weighted by Gasteiger charge is -2.35. The number of hydrogen-bond donors (Lipinski definition) is 1. The molecule has 3 heteroatoms. The first-order chi connectivity index (χ1) is 7.15. The molecule has 1 aromatic carbocycles. The molecule has 0 amide bonds. The van der Waals surface area contributed by atoms with E-state index in [1.165, 1.54) is 5.56 Å². The van der Waals surface area contributed by atoms with Crippen LogP contribution in [0.4, 0.5) is 0 Å². The van der Waals surface area contributed by atoms with Gasteiger partial charge in [-0.3, -0.25) is 0 Å². The maximum absolute atomic E-state index is 9.22. The van der Waals surface area contributed by atoms with Gasteiger partial charge in [-0.2, -0.15) is 0 Å². The minimum absolute atomic E-state index is 0. The van der Waals surface area contributed by atoms with Crippen molar-refractivity contribution in [3.63, 3.8) is 0 Å². The molecule has 0 saturated heterocycles. The van der Waals surface area contributed by atoms with Gasteiger partial charge >= 0.3 is 0 Å². The van der Waals surface area contributed by atoms with Crippen molar-refractivity contribution in [3.8, 4) is 5.75 Å². The molecular weight excluding hydrogens is 313 g/mol. The Balaban J connectivity index is 0.00000225. The number of nitrogens with zero attached hydrogens (tertiary/aromatic N) is 1. The Labute approximate surface area is 116 Å². The zero-order valence-electron chi connectivity index (χ0n) is 10.4. The van der Waals surface area contributed by atoms with Gasteiger partial charge in [0.05, 0.1) is 19.6 Å². The van der Waals surface area contributed by atoms with Crippen molar-refractivity contribution in [1.29, 1.82) is 0 Å². The Hall–Kier alpha value is -0.290. The summed E-state index contributed by atoms with van der Waals surface area (Å²) in [7, 11) is 0. The number of rotatable bonds is 5. The third kappa shape index (κ3) is 3.94. The smallest absolute Gasteiger partial charge is 0.115 e. The van der Waals surface area contributed by atoms with Gasteiger partial charge in [0.25, 0.3) is 0 Å². The van der Waals surface area contributed by atoms with Crippen LogP contribution in [0, 0.1) is 0 Å². The summed E-state index contributed by atoms with van der Waals surface area (Å²) in [4.78, 5) is 0. The fourth-order valence-electron chi connectivity index (χ4n) is 1.99. The summed E-state index contributed by atoms with van der Waals surface area (Å²) >= 11 is 0. The van der Waals surface area contributed by atoms with Crippen molar-refractivity contribution in [2.45, 2.75) is 27.3 Å². The summed E-state index contributed by atoms with van der Waals surface area (Å²) in [6, 6.07) is 7.57. The first-order valence-corrected chi connectivity index (χ1v) is 5.78. The molecule has 92 valence electrons. The minimum Gasteiger partial charge on any atom is -1.00 e. The molecule has 0 unspecified atom stereocenters. The molecule has 1 rings (SSSR count). The maximum atomic E-state index is 9.22. The van der Waals surface area contributed by atoms with Gasteiger partial charge in [0, 0.05) is 5.56 Å². The monoisotopic (exact) mass is 335 g/mol. The van der Waals surface area contributed by atoms with E-state index in [-0.39, 0.29) is 24.0 Å². The largest absolute Gasteiger partial charge is 1.00 e. The van der Waals surface area contributed by atoms with Crippen molar-refractivity contribution >= 4 is 0 Å². The van der Waals surface area contributed by atoms with Crippen LogP contribution >= 0.6 is 0 Å². The van der Waals surface area contributed by atoms with Gasteiger partial charge in [-0.05, 0) is 45.0 Å². The summed E-state index contributed by atoms with van der Waals surface area (Å²) in [6.45, 7) is 11.3. The molecule has 0 bridgehead atoms. The predicted molar refractivity (Wildman–Crippen MR) is 63.7 cm³/mol. The van der Waals surface area contributed by atoms with E-state index in [0.29, 0.717) is 5.75 Å². The molecule has 1 N–H and O–H groups in total. The van der Waals surface area contributed by atoms with Crippen molar-refractivity contribution in [1.82, 2.24) is 0 Å². The summed E-state index contributed by atoms with van der Waals surface area (Å²) < 4.78 is 1.12. The van der Waals surface area contributed by atoms with Crippen LogP contribution in [-0.2, 0) is 6.54 Å². The van der Waals surface area contributed by atoms with E-state index in [0.717, 1.165) is 30.7 Å². The van der Waals surface area contributed by atoms with E-state index in [1.807, 2.05) is 12.1 Å². The van der Waals surface area contributed by atoms with Gasteiger partial charge in [-0.15, -0.1) is 0 Å². The number of phenols is 1. The van der Waals surface area contributed by atoms with E-state index < -0.39 is 0 Å². The van der Waals surface area contributed by atoms with Crippen LogP contribution in [0.3, 0.4) is 0 Å². The fourth-order valence-corrected chi connectivity index (χ4v) is 1.99. The highest BCUT2D eigenvalue weighted by atomic mass is 127. The van der Waals surface area contributed by atoms with Crippen LogP contribution in [0.1, 0.15) is 26.3 Å². The van der Waals surface area contributed by atoms with Crippen LogP contribution in [0.15, 0.2) is 24.3 Å². The molecule has 1 aromatic rings. The SMILES string of the molecule is CC[N+](CC)(CC)Cc1ccc(O)cc1.[I-]. The highest BCUT2D eigenvalue weighted by Gasteiger charge is 2.20. The van der Waals surface area contributed by atoms with Crippen molar-refractivity contribution in [2.75, 3.05) is 19.6 Å². The number of quaternary nitrogens is 1. The highest BCUT2D eigenvalue weighted by molar-refractivity contribution is 5.25. The van der Waals surface area contributed by atoms with Crippen LogP contribution in [0.25, 0.3) is 0 Å². The van der Waals surface area contributed by atoms with E-state index in [2.05, 4.69) is 20.8 Å². The molecule has 16 heavy (non-hydrogen) atoms. The summed E-state index contributed by atoms with van der Waals surface area (Å²) in [5, 5.41) is 9.22. The van der Waals surface area contributed by atoms with Crippen LogP contribution in [0.5, 0.6) is 5.75 Å². The first kappa shape index (κ1) is 15.7. The molecule has 0 spiro atoms. The zero-order valence-corrected chi connectivity index (χ0v) is 12.6. The lowest BCUT2D eigenvalue weighted by Crippen LogP contribution is -3.00. The molecule has 0 aliphatic heterocycles. The number of hydrogen-bond acceptors (Lipinski definition) is 1. The fraction of sp³-hybridized carbons (Fsp3) is 0.538. The average molecular weight is 335 g/mol. The van der Waals surface area contributed by atoms with Crippen LogP contribution in [0.2, 0.25) is 0 Å². The molecular formula is C13H22INO. The Morgan fingerprint density at radius 2 is 1.38 bits per heavy atom. The molecule has 0 saturated carbocycles. The Bertz CT molecular complexity index is 285. The molecule has 2 nitrogen and oxygen atoms in total. The van der Waals surface area contributed by atoms with E-state index in [4.69, 9.17) is 0 Å². The quantitative estimate of drug-likeness (QED) is 0.582. The minimum atomic E-state index is 0. The zero-order chi connectivity index (χ0) is 11.3. The normalized spacial score (nSPS) is 10.9. The summed E-state index contributed by atoms with van der Waals surface area (Å²) in [6.07, 6.45) is 0. The Morgan fingerprint density at radius 3 is 1.75 bits per heavy atom. The first-order valence-electron chi connectivity index (χ1n) is 5.78. The second-order valence-electron chi connectivity index (χ2n) is 4.11.